The van der Waals surface area contributed by atoms with Crippen molar-refractivity contribution in [2.24, 2.45) is 0 Å². The minimum absolute atomic E-state index is 0.0442. The normalized spacial score (nSPS) is 19.5. The highest BCUT2D eigenvalue weighted by Crippen LogP contribution is 2.33. The zero-order valence-electron chi connectivity index (χ0n) is 15.9. The Bertz CT molecular complexity index is 961. The van der Waals surface area contributed by atoms with Gasteiger partial charge in [0.25, 0.3) is 5.91 Å². The number of halogens is 1. The molecule has 0 radical (unpaired) electrons. The second-order valence-electron chi connectivity index (χ2n) is 7.13. The predicted octanol–water partition coefficient (Wildman–Crippen LogP) is 2.55. The number of aliphatic hydroxyl groups excluding tert-OH is 1. The van der Waals surface area contributed by atoms with E-state index in [1.807, 2.05) is 6.07 Å². The Labute approximate surface area is 170 Å². The summed E-state index contributed by atoms with van der Waals surface area (Å²) in [5.74, 6) is -0.380. The van der Waals surface area contributed by atoms with Gasteiger partial charge in [0, 0.05) is 31.2 Å². The first kappa shape index (κ1) is 20.8. The second-order valence-corrected chi connectivity index (χ2v) is 9.57. The summed E-state index contributed by atoms with van der Waals surface area (Å²) in [5.41, 5.74) is 2.72. The van der Waals surface area contributed by atoms with Crippen molar-refractivity contribution in [2.75, 3.05) is 26.2 Å². The molecule has 0 unspecified atom stereocenters. The summed E-state index contributed by atoms with van der Waals surface area (Å²) in [4.78, 5) is 14.2. The van der Waals surface area contributed by atoms with Gasteiger partial charge in [-0.2, -0.15) is 4.31 Å². The van der Waals surface area contributed by atoms with E-state index in [0.717, 1.165) is 11.1 Å². The molecule has 0 spiro atoms. The predicted molar refractivity (Wildman–Crippen MR) is 109 cm³/mol. The largest absolute Gasteiger partial charge is 0.378 e. The van der Waals surface area contributed by atoms with E-state index in [9.17, 15) is 18.3 Å². The topological polar surface area (TPSA) is 77.9 Å². The quantitative estimate of drug-likeness (QED) is 0.584. The standard InChI is InChI=1S/C20H23ClN2O4S/c1-13(2)19(14(3)21)28(26,27)23-11-16-9-22(10-17(16)12-23)20(25)18(24)15-7-5-4-6-8-15/h4-8,18,24H,1,9-12H2,2-3H3/b19-14-/t18-/m1/s1. The lowest BCUT2D eigenvalue weighted by Gasteiger charge is -2.25. The number of hydrogen-bond acceptors (Lipinski definition) is 4. The molecule has 0 bridgehead atoms. The van der Waals surface area contributed by atoms with Gasteiger partial charge in [0.2, 0.25) is 10.0 Å². The van der Waals surface area contributed by atoms with E-state index in [-0.39, 0.29) is 28.9 Å². The molecule has 6 nitrogen and oxygen atoms in total. The van der Waals surface area contributed by atoms with Crippen molar-refractivity contribution in [3.63, 3.8) is 0 Å². The van der Waals surface area contributed by atoms with E-state index in [2.05, 4.69) is 6.58 Å². The summed E-state index contributed by atoms with van der Waals surface area (Å²) < 4.78 is 27.2. The number of amides is 1. The number of sulfonamides is 1. The Balaban J connectivity index is 1.69. The lowest BCUT2D eigenvalue weighted by Crippen LogP contribution is -2.38. The van der Waals surface area contributed by atoms with Gasteiger partial charge in [-0.05, 0) is 36.1 Å². The van der Waals surface area contributed by atoms with Crippen molar-refractivity contribution in [3.8, 4) is 0 Å². The fourth-order valence-corrected chi connectivity index (χ4v) is 5.80. The molecule has 1 aromatic carbocycles. The molecule has 1 aromatic rings. The average molecular weight is 423 g/mol. The van der Waals surface area contributed by atoms with E-state index < -0.39 is 16.1 Å². The maximum Gasteiger partial charge on any atom is 0.256 e. The van der Waals surface area contributed by atoms with Crippen molar-refractivity contribution in [1.29, 1.82) is 0 Å². The van der Waals surface area contributed by atoms with Crippen molar-refractivity contribution < 1.29 is 18.3 Å². The number of carbonyl (C=O) groups excluding carboxylic acids is 1. The average Bonchev–Trinajstić information content (AvgIpc) is 3.19. The number of nitrogens with zero attached hydrogens (tertiary/aromatic N) is 2. The molecule has 0 fully saturated rings. The molecule has 8 heteroatoms. The number of hydrogen-bond donors (Lipinski definition) is 1. The fourth-order valence-electron chi connectivity index (χ4n) is 3.64. The molecule has 28 heavy (non-hydrogen) atoms. The number of aliphatic hydroxyl groups is 1. The highest BCUT2D eigenvalue weighted by Gasteiger charge is 2.40. The van der Waals surface area contributed by atoms with Crippen LogP contribution in [0.4, 0.5) is 0 Å². The smallest absolute Gasteiger partial charge is 0.256 e. The molecule has 150 valence electrons. The molecule has 2 aliphatic heterocycles. The summed E-state index contributed by atoms with van der Waals surface area (Å²) in [7, 11) is -3.75. The van der Waals surface area contributed by atoms with Crippen molar-refractivity contribution in [1.82, 2.24) is 9.21 Å². The second kappa shape index (κ2) is 7.83. The minimum Gasteiger partial charge on any atom is -0.378 e. The van der Waals surface area contributed by atoms with Gasteiger partial charge in [0.05, 0.1) is 4.91 Å². The zero-order chi connectivity index (χ0) is 20.6. The van der Waals surface area contributed by atoms with E-state index in [4.69, 9.17) is 11.6 Å². The molecular formula is C20H23ClN2O4S. The summed E-state index contributed by atoms with van der Waals surface area (Å²) in [6.07, 6.45) is -1.22. The maximum absolute atomic E-state index is 12.9. The Kier molecular flexibility index (Phi) is 5.82. The maximum atomic E-state index is 12.9. The van der Waals surface area contributed by atoms with Gasteiger partial charge in [-0.1, -0.05) is 48.5 Å². The van der Waals surface area contributed by atoms with Gasteiger partial charge in [-0.25, -0.2) is 8.42 Å². The van der Waals surface area contributed by atoms with Crippen LogP contribution in [0.1, 0.15) is 25.5 Å². The third-order valence-electron chi connectivity index (χ3n) is 4.96. The van der Waals surface area contributed by atoms with Crippen molar-refractivity contribution in [2.45, 2.75) is 20.0 Å². The SMILES string of the molecule is C=C(C)/C(=C(\C)Cl)S(=O)(=O)N1CC2=C(CN(C(=O)[C@H](O)c3ccccc3)C2)C1. The highest BCUT2D eigenvalue weighted by atomic mass is 35.5. The van der Waals surface area contributed by atoms with E-state index in [0.29, 0.717) is 24.2 Å². The van der Waals surface area contributed by atoms with Gasteiger partial charge in [-0.3, -0.25) is 4.79 Å². The molecule has 1 atom stereocenters. The van der Waals surface area contributed by atoms with E-state index in [1.165, 1.54) is 11.2 Å². The number of rotatable bonds is 5. The lowest BCUT2D eigenvalue weighted by molar-refractivity contribution is -0.139. The number of carbonyl (C=O) groups is 1. The fraction of sp³-hybridized carbons (Fsp3) is 0.350. The number of allylic oxidation sites excluding steroid dienone is 2. The van der Waals surface area contributed by atoms with Crippen LogP contribution in [0.2, 0.25) is 0 Å². The van der Waals surface area contributed by atoms with Crippen molar-refractivity contribution in [3.05, 3.63) is 69.1 Å². The Hall–Kier alpha value is -1.93. The molecule has 0 saturated carbocycles. The molecule has 1 amide bonds. The van der Waals surface area contributed by atoms with Crippen LogP contribution in [0.3, 0.4) is 0 Å². The lowest BCUT2D eigenvalue weighted by atomic mass is 10.1. The molecule has 1 N–H and O–H groups in total. The molecule has 2 heterocycles. The van der Waals surface area contributed by atoms with Crippen LogP contribution in [0, 0.1) is 0 Å². The van der Waals surface area contributed by atoms with Gasteiger partial charge in [0.1, 0.15) is 0 Å². The van der Waals surface area contributed by atoms with E-state index in [1.54, 1.807) is 36.1 Å². The van der Waals surface area contributed by atoms with Crippen LogP contribution < -0.4 is 0 Å². The van der Waals surface area contributed by atoms with Gasteiger partial charge in [-0.15, -0.1) is 0 Å². The van der Waals surface area contributed by atoms with Crippen molar-refractivity contribution >= 4 is 27.5 Å². The van der Waals surface area contributed by atoms with Crippen LogP contribution in [0.15, 0.2) is 63.6 Å². The summed E-state index contributed by atoms with van der Waals surface area (Å²) in [5, 5.41) is 10.5. The number of benzene rings is 1. The molecule has 2 aliphatic rings. The van der Waals surface area contributed by atoms with E-state index >= 15 is 0 Å². The van der Waals surface area contributed by atoms with Crippen LogP contribution in [0.5, 0.6) is 0 Å². The third-order valence-corrected chi connectivity index (χ3v) is 7.37. The first-order valence-corrected chi connectivity index (χ1v) is 10.7. The molecule has 0 aliphatic carbocycles. The Morgan fingerprint density at radius 2 is 1.64 bits per heavy atom. The van der Waals surface area contributed by atoms with Gasteiger partial charge < -0.3 is 10.0 Å². The van der Waals surface area contributed by atoms with Crippen LogP contribution in [-0.2, 0) is 14.8 Å². The molecule has 0 aromatic heterocycles. The molecular weight excluding hydrogens is 400 g/mol. The van der Waals surface area contributed by atoms with Gasteiger partial charge >= 0.3 is 0 Å². The first-order valence-electron chi connectivity index (χ1n) is 8.87. The first-order chi connectivity index (χ1) is 13.1. The molecule has 0 saturated heterocycles. The van der Waals surface area contributed by atoms with Crippen LogP contribution >= 0.6 is 11.6 Å². The Morgan fingerprint density at radius 3 is 2.11 bits per heavy atom. The van der Waals surface area contributed by atoms with Crippen LogP contribution in [-0.4, -0.2) is 54.8 Å². The summed E-state index contributed by atoms with van der Waals surface area (Å²) in [6.45, 7) is 7.93. The Morgan fingerprint density at radius 1 is 1.11 bits per heavy atom. The summed E-state index contributed by atoms with van der Waals surface area (Å²) >= 11 is 6.00. The third kappa shape index (κ3) is 3.80. The van der Waals surface area contributed by atoms with Crippen LogP contribution in [0.25, 0.3) is 0 Å². The summed E-state index contributed by atoms with van der Waals surface area (Å²) in [6, 6.07) is 8.75. The minimum atomic E-state index is -3.75. The van der Waals surface area contributed by atoms with Gasteiger partial charge in [0.15, 0.2) is 6.10 Å². The molecule has 3 rings (SSSR count). The highest BCUT2D eigenvalue weighted by molar-refractivity contribution is 7.93. The monoisotopic (exact) mass is 422 g/mol. The zero-order valence-corrected chi connectivity index (χ0v) is 17.4.